The van der Waals surface area contributed by atoms with E-state index >= 15 is 0 Å². The number of carbonyl (C=O) groups is 1. The van der Waals surface area contributed by atoms with Gasteiger partial charge in [0.15, 0.2) is 0 Å². The maximum absolute atomic E-state index is 14.0. The summed E-state index contributed by atoms with van der Waals surface area (Å²) in [5.41, 5.74) is -14.0. The van der Waals surface area contributed by atoms with Crippen molar-refractivity contribution in [3.63, 3.8) is 0 Å². The Balaban J connectivity index is 1.92. The molecule has 0 spiro atoms. The summed E-state index contributed by atoms with van der Waals surface area (Å²) in [4.78, 5) is 16.4. The number of aromatic amines is 2. The van der Waals surface area contributed by atoms with E-state index in [1.165, 1.54) is 0 Å². The standard InChI is InChI=1S/C27H14Cl2F12N2O/c28-13-5-1-11(2-6-13)20-16(18(24(30,31)32)22(42-20)26(36,37)38)9-15(44)10-17-19(25(33,34)35)23(27(39,40)41)43-21(17)12-3-7-14(29)8-4-12/h1-8,42-43H,9-10H2. The lowest BCUT2D eigenvalue weighted by Gasteiger charge is -2.15. The molecule has 0 saturated carbocycles. The molecule has 4 aromatic rings. The average Bonchev–Trinajstić information content (AvgIpc) is 3.44. The number of benzene rings is 2. The number of carbonyl (C=O) groups excluding carboxylic acids is 1. The topological polar surface area (TPSA) is 48.6 Å². The lowest BCUT2D eigenvalue weighted by Crippen LogP contribution is -2.20. The van der Waals surface area contributed by atoms with Gasteiger partial charge in [-0.2, -0.15) is 52.7 Å². The van der Waals surface area contributed by atoms with Crippen molar-refractivity contribution < 1.29 is 57.5 Å². The van der Waals surface area contributed by atoms with E-state index in [9.17, 15) is 57.5 Å². The van der Waals surface area contributed by atoms with E-state index < -0.39 is 88.4 Å². The lowest BCUT2D eigenvalue weighted by atomic mass is 9.93. The van der Waals surface area contributed by atoms with Crippen LogP contribution >= 0.6 is 23.2 Å². The Bertz CT molecular complexity index is 1550. The van der Waals surface area contributed by atoms with E-state index in [0.717, 1.165) is 48.5 Å². The molecule has 0 saturated heterocycles. The van der Waals surface area contributed by atoms with Gasteiger partial charge in [0.2, 0.25) is 0 Å². The molecule has 0 aliphatic rings. The summed E-state index contributed by atoms with van der Waals surface area (Å²) in [6.45, 7) is 0. The zero-order valence-electron chi connectivity index (χ0n) is 21.2. The van der Waals surface area contributed by atoms with Gasteiger partial charge in [-0.1, -0.05) is 47.5 Å². The molecular formula is C27H14Cl2F12N2O. The Morgan fingerprint density at radius 1 is 0.523 bits per heavy atom. The van der Waals surface area contributed by atoms with Gasteiger partial charge in [-0.05, 0) is 46.5 Å². The largest absolute Gasteiger partial charge is 0.431 e. The first-order valence-electron chi connectivity index (χ1n) is 11.9. The fourth-order valence-electron chi connectivity index (χ4n) is 4.66. The van der Waals surface area contributed by atoms with Crippen LogP contribution in [-0.4, -0.2) is 15.8 Å². The molecule has 0 radical (unpaired) electrons. The van der Waals surface area contributed by atoms with Crippen LogP contribution in [0.15, 0.2) is 48.5 Å². The van der Waals surface area contributed by atoms with Gasteiger partial charge in [-0.3, -0.25) is 4.79 Å². The highest BCUT2D eigenvalue weighted by Crippen LogP contribution is 2.48. The Hall–Kier alpha value is -3.59. The van der Waals surface area contributed by atoms with Crippen molar-refractivity contribution >= 4 is 29.0 Å². The molecule has 2 aromatic carbocycles. The van der Waals surface area contributed by atoms with Crippen LogP contribution < -0.4 is 0 Å². The first-order valence-corrected chi connectivity index (χ1v) is 12.7. The molecule has 2 heterocycles. The SMILES string of the molecule is O=C(Cc1c(-c2ccc(Cl)cc2)[nH]c(C(F)(F)F)c1C(F)(F)F)Cc1c(-c2ccc(Cl)cc2)[nH]c(C(F)(F)F)c1C(F)(F)F. The molecule has 4 rings (SSSR count). The maximum atomic E-state index is 14.0. The van der Waals surface area contributed by atoms with Crippen molar-refractivity contribution in [2.24, 2.45) is 0 Å². The van der Waals surface area contributed by atoms with E-state index in [2.05, 4.69) is 0 Å². The Morgan fingerprint density at radius 3 is 1.07 bits per heavy atom. The number of nitrogens with one attached hydrogen (secondary N) is 2. The van der Waals surface area contributed by atoms with Gasteiger partial charge in [-0.25, -0.2) is 0 Å². The predicted octanol–water partition coefficient (Wildman–Crippen LogP) is 10.4. The molecule has 0 bridgehead atoms. The predicted molar refractivity (Wildman–Crippen MR) is 135 cm³/mol. The lowest BCUT2D eigenvalue weighted by molar-refractivity contribution is -0.164. The third kappa shape index (κ3) is 6.88. The minimum absolute atomic E-state index is 0.0485. The van der Waals surface area contributed by atoms with Gasteiger partial charge in [0.1, 0.15) is 17.2 Å². The van der Waals surface area contributed by atoms with E-state index in [4.69, 9.17) is 23.2 Å². The van der Waals surface area contributed by atoms with E-state index in [0.29, 0.717) is 0 Å². The fourth-order valence-corrected chi connectivity index (χ4v) is 4.92. The van der Waals surface area contributed by atoms with Crippen molar-refractivity contribution in [1.82, 2.24) is 9.97 Å². The first-order chi connectivity index (χ1) is 20.1. The van der Waals surface area contributed by atoms with E-state index in [-0.39, 0.29) is 21.2 Å². The molecule has 17 heteroatoms. The molecule has 0 atom stereocenters. The van der Waals surface area contributed by atoms with Crippen LogP contribution in [-0.2, 0) is 42.3 Å². The highest BCUT2D eigenvalue weighted by molar-refractivity contribution is 6.30. The number of alkyl halides is 12. The van der Waals surface area contributed by atoms with Crippen LogP contribution in [0, 0.1) is 0 Å². The Labute approximate surface area is 248 Å². The summed E-state index contributed by atoms with van der Waals surface area (Å²) < 4.78 is 167. The molecule has 0 unspecified atom stereocenters. The molecule has 2 N–H and O–H groups in total. The number of hydrogen-bond donors (Lipinski definition) is 2. The monoisotopic (exact) mass is 680 g/mol. The maximum Gasteiger partial charge on any atom is 0.431 e. The highest BCUT2D eigenvalue weighted by Gasteiger charge is 2.50. The fraction of sp³-hybridized carbons (Fsp3) is 0.222. The van der Waals surface area contributed by atoms with Crippen molar-refractivity contribution in [3.8, 4) is 22.5 Å². The zero-order valence-corrected chi connectivity index (χ0v) is 22.7. The van der Waals surface area contributed by atoms with Crippen LogP contribution in [0.4, 0.5) is 52.7 Å². The van der Waals surface area contributed by atoms with Gasteiger partial charge in [-0.15, -0.1) is 0 Å². The normalized spacial score (nSPS) is 13.0. The first kappa shape index (κ1) is 33.3. The molecule has 0 aliphatic heterocycles. The highest BCUT2D eigenvalue weighted by atomic mass is 35.5. The Morgan fingerprint density at radius 2 is 0.818 bits per heavy atom. The van der Waals surface area contributed by atoms with Crippen LogP contribution in [0.3, 0.4) is 0 Å². The number of halogens is 14. The summed E-state index contributed by atoms with van der Waals surface area (Å²) in [7, 11) is 0. The molecule has 0 aliphatic carbocycles. The number of aromatic nitrogens is 2. The molecule has 0 amide bonds. The third-order valence-corrected chi connectivity index (χ3v) is 6.86. The summed E-state index contributed by atoms with van der Waals surface area (Å²) in [6, 6.07) is 8.61. The summed E-state index contributed by atoms with van der Waals surface area (Å²) >= 11 is 11.5. The number of H-pyrrole nitrogens is 2. The van der Waals surface area contributed by atoms with Crippen molar-refractivity contribution in [1.29, 1.82) is 0 Å². The van der Waals surface area contributed by atoms with E-state index in [1.807, 2.05) is 0 Å². The summed E-state index contributed by atoms with van der Waals surface area (Å²) in [5.74, 6) is -1.55. The second-order valence-electron chi connectivity index (χ2n) is 9.35. The molecule has 3 nitrogen and oxygen atoms in total. The number of hydrogen-bond acceptors (Lipinski definition) is 1. The second kappa shape index (κ2) is 11.4. The number of ketones is 1. The molecule has 0 fully saturated rings. The molecular weight excluding hydrogens is 667 g/mol. The minimum atomic E-state index is -5.72. The van der Waals surface area contributed by atoms with Crippen LogP contribution in [0.1, 0.15) is 33.6 Å². The summed E-state index contributed by atoms with van der Waals surface area (Å²) in [5, 5.41) is 0.0970. The van der Waals surface area contributed by atoms with Crippen LogP contribution in [0.5, 0.6) is 0 Å². The zero-order chi connectivity index (χ0) is 33.0. The van der Waals surface area contributed by atoms with Crippen LogP contribution in [0.2, 0.25) is 10.0 Å². The van der Waals surface area contributed by atoms with Crippen molar-refractivity contribution in [3.05, 3.63) is 92.2 Å². The second-order valence-corrected chi connectivity index (χ2v) is 10.2. The average molecular weight is 681 g/mol. The molecule has 44 heavy (non-hydrogen) atoms. The smallest absolute Gasteiger partial charge is 0.350 e. The van der Waals surface area contributed by atoms with Gasteiger partial charge in [0.05, 0.1) is 22.5 Å². The molecule has 236 valence electrons. The van der Waals surface area contributed by atoms with Gasteiger partial charge in [0.25, 0.3) is 0 Å². The van der Waals surface area contributed by atoms with Crippen molar-refractivity contribution in [2.45, 2.75) is 37.5 Å². The Kier molecular flexibility index (Phi) is 8.63. The van der Waals surface area contributed by atoms with Gasteiger partial charge >= 0.3 is 24.7 Å². The van der Waals surface area contributed by atoms with E-state index in [1.54, 1.807) is 9.97 Å². The number of Topliss-reactive ketones (excluding diaryl/α,β-unsaturated/α-hetero) is 1. The van der Waals surface area contributed by atoms with Gasteiger partial charge in [0, 0.05) is 22.9 Å². The number of rotatable bonds is 6. The van der Waals surface area contributed by atoms with Gasteiger partial charge < -0.3 is 9.97 Å². The third-order valence-electron chi connectivity index (χ3n) is 6.35. The van der Waals surface area contributed by atoms with Crippen molar-refractivity contribution in [2.75, 3.05) is 0 Å². The summed E-state index contributed by atoms with van der Waals surface area (Å²) in [6.07, 6.45) is -25.8. The minimum Gasteiger partial charge on any atom is -0.350 e. The molecule has 2 aromatic heterocycles. The van der Waals surface area contributed by atoms with Crippen LogP contribution in [0.25, 0.3) is 22.5 Å². The quantitative estimate of drug-likeness (QED) is 0.196.